The molecule has 1 nitrogen and oxygen atoms in total. The molecule has 0 aliphatic heterocycles. The lowest BCUT2D eigenvalue weighted by Gasteiger charge is -2.45. The number of rotatable bonds is 3. The summed E-state index contributed by atoms with van der Waals surface area (Å²) in [4.78, 5) is 0. The van der Waals surface area contributed by atoms with Crippen molar-refractivity contribution in [2.24, 2.45) is 11.8 Å². The van der Waals surface area contributed by atoms with E-state index in [1.54, 1.807) is 0 Å². The highest BCUT2D eigenvalue weighted by Crippen LogP contribution is 2.45. The van der Waals surface area contributed by atoms with Crippen molar-refractivity contribution >= 4 is 15.9 Å². The quantitative estimate of drug-likeness (QED) is 0.763. The van der Waals surface area contributed by atoms with Crippen LogP contribution in [0.1, 0.15) is 63.4 Å². The minimum atomic E-state index is -0.471. The van der Waals surface area contributed by atoms with Gasteiger partial charge in [0.25, 0.3) is 0 Å². The first-order chi connectivity index (χ1) is 10.2. The maximum Gasteiger partial charge on any atom is 0.0718 e. The van der Waals surface area contributed by atoms with Crippen LogP contribution in [0.2, 0.25) is 0 Å². The zero-order valence-electron chi connectivity index (χ0n) is 12.9. The summed E-state index contributed by atoms with van der Waals surface area (Å²) in [7, 11) is 0. The van der Waals surface area contributed by atoms with Crippen LogP contribution in [-0.4, -0.2) is 10.7 Å². The van der Waals surface area contributed by atoms with Gasteiger partial charge in [-0.1, -0.05) is 73.0 Å². The van der Waals surface area contributed by atoms with Gasteiger partial charge in [-0.2, -0.15) is 0 Å². The first-order valence-electron chi connectivity index (χ1n) is 8.64. The zero-order valence-corrected chi connectivity index (χ0v) is 14.4. The van der Waals surface area contributed by atoms with E-state index in [1.165, 1.54) is 56.9 Å². The molecule has 0 saturated heterocycles. The van der Waals surface area contributed by atoms with E-state index < -0.39 is 5.60 Å². The lowest BCUT2D eigenvalue weighted by atomic mass is 9.64. The average Bonchev–Trinajstić information content (AvgIpc) is 2.48. The van der Waals surface area contributed by atoms with Gasteiger partial charge < -0.3 is 5.11 Å². The summed E-state index contributed by atoms with van der Waals surface area (Å²) < 4.78 is 1.12. The Morgan fingerprint density at radius 2 is 1.81 bits per heavy atom. The third-order valence-corrected chi connectivity index (χ3v) is 6.18. The van der Waals surface area contributed by atoms with Crippen molar-refractivity contribution < 1.29 is 5.11 Å². The molecular formula is C19H27BrO. The van der Waals surface area contributed by atoms with Crippen LogP contribution in [0.5, 0.6) is 0 Å². The first kappa shape index (κ1) is 15.6. The summed E-state index contributed by atoms with van der Waals surface area (Å²) in [5, 5.41) is 11.4. The second kappa shape index (κ2) is 6.83. The fourth-order valence-electron chi connectivity index (χ4n) is 4.68. The Bertz CT molecular complexity index is 466. The molecular weight excluding hydrogens is 324 g/mol. The summed E-state index contributed by atoms with van der Waals surface area (Å²) in [6.45, 7) is 0. The molecule has 0 radical (unpaired) electrons. The molecule has 2 aliphatic carbocycles. The Kier molecular flexibility index (Phi) is 5.06. The summed E-state index contributed by atoms with van der Waals surface area (Å²) in [6, 6.07) is 8.48. The van der Waals surface area contributed by atoms with Gasteiger partial charge in [0.1, 0.15) is 0 Å². The normalized spacial score (nSPS) is 31.2. The highest BCUT2D eigenvalue weighted by molar-refractivity contribution is 9.10. The highest BCUT2D eigenvalue weighted by Gasteiger charge is 2.42. The Hall–Kier alpha value is -0.340. The van der Waals surface area contributed by atoms with Crippen LogP contribution in [-0.2, 0) is 6.42 Å². The molecule has 2 unspecified atom stereocenters. The monoisotopic (exact) mass is 350 g/mol. The molecule has 2 aliphatic rings. The van der Waals surface area contributed by atoms with E-state index in [2.05, 4.69) is 40.2 Å². The fraction of sp³-hybridized carbons (Fsp3) is 0.684. The van der Waals surface area contributed by atoms with E-state index in [0.717, 1.165) is 23.2 Å². The molecule has 1 aromatic rings. The SMILES string of the molecule is OC1(Cc2cccc(Br)c2)CCCCC1C1CCCCC1. The second-order valence-corrected chi connectivity index (χ2v) is 8.08. The molecule has 2 fully saturated rings. The van der Waals surface area contributed by atoms with Gasteiger partial charge in [0.05, 0.1) is 5.60 Å². The third kappa shape index (κ3) is 3.71. The van der Waals surface area contributed by atoms with Gasteiger partial charge in [-0.15, -0.1) is 0 Å². The van der Waals surface area contributed by atoms with Gasteiger partial charge in [-0.05, 0) is 42.4 Å². The predicted octanol–water partition coefficient (Wildman–Crippen LogP) is 5.49. The van der Waals surface area contributed by atoms with Crippen molar-refractivity contribution in [1.82, 2.24) is 0 Å². The number of hydrogen-bond acceptors (Lipinski definition) is 1. The molecule has 3 rings (SSSR count). The molecule has 0 amide bonds. The molecule has 0 spiro atoms. The van der Waals surface area contributed by atoms with Crippen molar-refractivity contribution in [3.8, 4) is 0 Å². The Morgan fingerprint density at radius 3 is 2.57 bits per heavy atom. The minimum absolute atomic E-state index is 0.471. The van der Waals surface area contributed by atoms with Crippen LogP contribution in [0, 0.1) is 11.8 Å². The summed E-state index contributed by atoms with van der Waals surface area (Å²) in [5.74, 6) is 1.28. The highest BCUT2D eigenvalue weighted by atomic mass is 79.9. The van der Waals surface area contributed by atoms with Gasteiger partial charge in [-0.3, -0.25) is 0 Å². The van der Waals surface area contributed by atoms with E-state index in [0.29, 0.717) is 5.92 Å². The van der Waals surface area contributed by atoms with Crippen LogP contribution in [0.4, 0.5) is 0 Å². The van der Waals surface area contributed by atoms with E-state index in [9.17, 15) is 5.11 Å². The molecule has 0 heterocycles. The van der Waals surface area contributed by atoms with Crippen molar-refractivity contribution in [3.05, 3.63) is 34.3 Å². The zero-order chi connectivity index (χ0) is 14.7. The molecule has 2 heteroatoms. The van der Waals surface area contributed by atoms with E-state index in [-0.39, 0.29) is 0 Å². The van der Waals surface area contributed by atoms with Gasteiger partial charge in [0.2, 0.25) is 0 Å². The molecule has 1 aromatic carbocycles. The summed E-state index contributed by atoms with van der Waals surface area (Å²) in [6.07, 6.45) is 12.4. The predicted molar refractivity (Wildman–Crippen MR) is 91.3 cm³/mol. The van der Waals surface area contributed by atoms with Crippen molar-refractivity contribution in [2.45, 2.75) is 69.8 Å². The molecule has 116 valence electrons. The van der Waals surface area contributed by atoms with Crippen LogP contribution in [0.25, 0.3) is 0 Å². The molecule has 0 aromatic heterocycles. The van der Waals surface area contributed by atoms with E-state index in [1.807, 2.05) is 0 Å². The number of halogens is 1. The second-order valence-electron chi connectivity index (χ2n) is 7.16. The fourth-order valence-corrected chi connectivity index (χ4v) is 5.13. The lowest BCUT2D eigenvalue weighted by molar-refractivity contribution is -0.0766. The van der Waals surface area contributed by atoms with E-state index >= 15 is 0 Å². The smallest absolute Gasteiger partial charge is 0.0718 e. The molecule has 1 N–H and O–H groups in total. The first-order valence-corrected chi connectivity index (χ1v) is 9.43. The summed E-state index contributed by atoms with van der Waals surface area (Å²) >= 11 is 3.55. The van der Waals surface area contributed by atoms with Gasteiger partial charge in [0.15, 0.2) is 0 Å². The minimum Gasteiger partial charge on any atom is -0.389 e. The number of hydrogen-bond donors (Lipinski definition) is 1. The van der Waals surface area contributed by atoms with Crippen LogP contribution >= 0.6 is 15.9 Å². The maximum absolute atomic E-state index is 11.4. The largest absolute Gasteiger partial charge is 0.389 e. The molecule has 2 atom stereocenters. The Morgan fingerprint density at radius 1 is 1.05 bits per heavy atom. The molecule has 2 saturated carbocycles. The maximum atomic E-state index is 11.4. The molecule has 0 bridgehead atoms. The van der Waals surface area contributed by atoms with Crippen LogP contribution in [0.3, 0.4) is 0 Å². The van der Waals surface area contributed by atoms with Gasteiger partial charge in [-0.25, -0.2) is 0 Å². The van der Waals surface area contributed by atoms with Crippen LogP contribution in [0.15, 0.2) is 28.7 Å². The Labute approximate surface area is 137 Å². The van der Waals surface area contributed by atoms with Crippen molar-refractivity contribution in [3.63, 3.8) is 0 Å². The number of aliphatic hydroxyl groups is 1. The van der Waals surface area contributed by atoms with Crippen molar-refractivity contribution in [1.29, 1.82) is 0 Å². The van der Waals surface area contributed by atoms with Crippen LogP contribution < -0.4 is 0 Å². The standard InChI is InChI=1S/C19H27BrO/c20-17-10-6-7-15(13-17)14-19(21)12-5-4-11-18(19)16-8-2-1-3-9-16/h6-7,10,13,16,18,21H,1-5,8-9,11-12,14H2. The van der Waals surface area contributed by atoms with Gasteiger partial charge >= 0.3 is 0 Å². The third-order valence-electron chi connectivity index (χ3n) is 5.68. The Balaban J connectivity index is 1.77. The average molecular weight is 351 g/mol. The van der Waals surface area contributed by atoms with E-state index in [4.69, 9.17) is 0 Å². The molecule has 21 heavy (non-hydrogen) atoms. The topological polar surface area (TPSA) is 20.2 Å². The lowest BCUT2D eigenvalue weighted by Crippen LogP contribution is -2.46. The number of benzene rings is 1. The van der Waals surface area contributed by atoms with Crippen molar-refractivity contribution in [2.75, 3.05) is 0 Å². The van der Waals surface area contributed by atoms with Gasteiger partial charge in [0, 0.05) is 10.9 Å². The summed E-state index contributed by atoms with van der Waals surface area (Å²) in [5.41, 5.74) is 0.802.